The third-order valence-electron chi connectivity index (χ3n) is 3.26. The van der Waals surface area contributed by atoms with E-state index in [4.69, 9.17) is 23.2 Å². The summed E-state index contributed by atoms with van der Waals surface area (Å²) in [6.07, 6.45) is 1.86. The van der Waals surface area contributed by atoms with Crippen molar-refractivity contribution in [1.82, 2.24) is 4.57 Å². The lowest BCUT2D eigenvalue weighted by molar-refractivity contribution is 0.836. The molecular weight excluding hydrogens is 291 g/mol. The normalized spacial score (nSPS) is 10.7. The Bertz CT molecular complexity index is 828. The van der Waals surface area contributed by atoms with Crippen LogP contribution in [-0.2, 0) is 6.54 Å². The molecule has 3 rings (SSSR count). The fourth-order valence-electron chi connectivity index (χ4n) is 2.30. The molecule has 0 saturated heterocycles. The molecule has 2 nitrogen and oxygen atoms in total. The van der Waals surface area contributed by atoms with Crippen molar-refractivity contribution in [2.75, 3.05) is 0 Å². The second kappa shape index (κ2) is 5.20. The van der Waals surface area contributed by atoms with E-state index in [1.54, 1.807) is 6.07 Å². The molecule has 2 aromatic carbocycles. The van der Waals surface area contributed by atoms with E-state index in [-0.39, 0.29) is 0 Å². The van der Waals surface area contributed by atoms with Crippen LogP contribution in [0.25, 0.3) is 10.9 Å². The standard InChI is InChI=1S/C16H10Cl2N2/c17-13-6-5-11(15(18)7-13)9-20-10-12(8-19)14-3-1-2-4-16(14)20/h1-7,10H,9H2. The molecule has 0 saturated carbocycles. The molecule has 0 unspecified atom stereocenters. The molecular formula is C16H10Cl2N2. The van der Waals surface area contributed by atoms with Crippen LogP contribution < -0.4 is 0 Å². The highest BCUT2D eigenvalue weighted by Crippen LogP contribution is 2.25. The zero-order valence-corrected chi connectivity index (χ0v) is 12.0. The van der Waals surface area contributed by atoms with Crippen molar-refractivity contribution in [1.29, 1.82) is 5.26 Å². The van der Waals surface area contributed by atoms with E-state index in [0.29, 0.717) is 22.2 Å². The first kappa shape index (κ1) is 13.1. The monoisotopic (exact) mass is 300 g/mol. The Balaban J connectivity index is 2.09. The molecule has 4 heteroatoms. The maximum atomic E-state index is 9.20. The summed E-state index contributed by atoms with van der Waals surface area (Å²) in [6, 6.07) is 15.5. The van der Waals surface area contributed by atoms with Gasteiger partial charge in [0, 0.05) is 33.7 Å². The van der Waals surface area contributed by atoms with E-state index < -0.39 is 0 Å². The number of para-hydroxylation sites is 1. The Hall–Kier alpha value is -1.95. The lowest BCUT2D eigenvalue weighted by Crippen LogP contribution is -1.98. The van der Waals surface area contributed by atoms with Crippen molar-refractivity contribution in [3.05, 3.63) is 69.8 Å². The lowest BCUT2D eigenvalue weighted by Gasteiger charge is -2.07. The predicted octanol–water partition coefficient (Wildman–Crippen LogP) is 4.87. The van der Waals surface area contributed by atoms with Gasteiger partial charge in [-0.2, -0.15) is 5.26 Å². The average molecular weight is 301 g/mol. The molecule has 1 heterocycles. The molecule has 98 valence electrons. The van der Waals surface area contributed by atoms with Gasteiger partial charge in [-0.1, -0.05) is 47.5 Å². The molecule has 0 radical (unpaired) electrons. The topological polar surface area (TPSA) is 28.7 Å². The number of hydrogen-bond acceptors (Lipinski definition) is 1. The highest BCUT2D eigenvalue weighted by molar-refractivity contribution is 6.35. The van der Waals surface area contributed by atoms with E-state index >= 15 is 0 Å². The quantitative estimate of drug-likeness (QED) is 0.664. The number of nitriles is 1. The van der Waals surface area contributed by atoms with Gasteiger partial charge < -0.3 is 4.57 Å². The molecule has 0 atom stereocenters. The second-order valence-corrected chi connectivity index (χ2v) is 5.38. The zero-order valence-electron chi connectivity index (χ0n) is 10.5. The van der Waals surface area contributed by atoms with E-state index in [1.807, 2.05) is 47.2 Å². The van der Waals surface area contributed by atoms with E-state index in [1.165, 1.54) is 0 Å². The second-order valence-electron chi connectivity index (χ2n) is 4.54. The average Bonchev–Trinajstić information content (AvgIpc) is 2.80. The Morgan fingerprint density at radius 1 is 1.10 bits per heavy atom. The van der Waals surface area contributed by atoms with Gasteiger partial charge in [0.15, 0.2) is 0 Å². The van der Waals surface area contributed by atoms with Crippen molar-refractivity contribution in [2.45, 2.75) is 6.54 Å². The van der Waals surface area contributed by atoms with Gasteiger partial charge in [-0.25, -0.2) is 0 Å². The summed E-state index contributed by atoms with van der Waals surface area (Å²) in [5.74, 6) is 0. The van der Waals surface area contributed by atoms with Gasteiger partial charge in [0.1, 0.15) is 6.07 Å². The van der Waals surface area contributed by atoms with Crippen molar-refractivity contribution in [3.63, 3.8) is 0 Å². The molecule has 0 amide bonds. The third-order valence-corrected chi connectivity index (χ3v) is 3.85. The number of halogens is 2. The summed E-state index contributed by atoms with van der Waals surface area (Å²) >= 11 is 12.1. The first-order valence-electron chi connectivity index (χ1n) is 6.11. The van der Waals surface area contributed by atoms with E-state index in [2.05, 4.69) is 6.07 Å². The van der Waals surface area contributed by atoms with Crippen LogP contribution in [-0.4, -0.2) is 4.57 Å². The Morgan fingerprint density at radius 2 is 1.90 bits per heavy atom. The number of rotatable bonds is 2. The van der Waals surface area contributed by atoms with Gasteiger partial charge in [-0.05, 0) is 23.8 Å². The molecule has 0 aliphatic heterocycles. The van der Waals surface area contributed by atoms with Gasteiger partial charge in [-0.3, -0.25) is 0 Å². The first-order chi connectivity index (χ1) is 9.69. The minimum absolute atomic E-state index is 0.609. The SMILES string of the molecule is N#Cc1cn(Cc2ccc(Cl)cc2Cl)c2ccccc12. The van der Waals surface area contributed by atoms with Gasteiger partial charge in [0.25, 0.3) is 0 Å². The van der Waals surface area contributed by atoms with Crippen molar-refractivity contribution >= 4 is 34.1 Å². The highest BCUT2D eigenvalue weighted by Gasteiger charge is 2.09. The molecule has 0 bridgehead atoms. The Labute approximate surface area is 126 Å². The van der Waals surface area contributed by atoms with Gasteiger partial charge in [0.2, 0.25) is 0 Å². The Kier molecular flexibility index (Phi) is 3.40. The molecule has 3 aromatic rings. The lowest BCUT2D eigenvalue weighted by atomic mass is 10.2. The number of benzene rings is 2. The molecule has 1 aromatic heterocycles. The third kappa shape index (κ3) is 2.27. The fourth-order valence-corrected chi connectivity index (χ4v) is 2.77. The van der Waals surface area contributed by atoms with E-state index in [9.17, 15) is 5.26 Å². The number of nitrogens with zero attached hydrogens (tertiary/aromatic N) is 2. The van der Waals surface area contributed by atoms with Gasteiger partial charge in [0.05, 0.1) is 5.56 Å². The Morgan fingerprint density at radius 3 is 2.65 bits per heavy atom. The van der Waals surface area contributed by atoms with Crippen molar-refractivity contribution in [3.8, 4) is 6.07 Å². The molecule has 20 heavy (non-hydrogen) atoms. The van der Waals surface area contributed by atoms with Crippen LogP contribution in [0.2, 0.25) is 10.0 Å². The van der Waals surface area contributed by atoms with Crippen LogP contribution in [0.5, 0.6) is 0 Å². The molecule has 0 aliphatic carbocycles. The maximum Gasteiger partial charge on any atom is 0.101 e. The zero-order chi connectivity index (χ0) is 14.1. The smallest absolute Gasteiger partial charge is 0.101 e. The van der Waals surface area contributed by atoms with E-state index in [0.717, 1.165) is 16.5 Å². The first-order valence-corrected chi connectivity index (χ1v) is 6.86. The van der Waals surface area contributed by atoms with Gasteiger partial charge >= 0.3 is 0 Å². The number of fused-ring (bicyclic) bond motifs is 1. The van der Waals surface area contributed by atoms with Crippen LogP contribution in [0.1, 0.15) is 11.1 Å². The molecule has 0 N–H and O–H groups in total. The highest BCUT2D eigenvalue weighted by atomic mass is 35.5. The minimum atomic E-state index is 0.609. The van der Waals surface area contributed by atoms with Crippen molar-refractivity contribution in [2.24, 2.45) is 0 Å². The molecule has 0 aliphatic rings. The van der Waals surface area contributed by atoms with Crippen LogP contribution >= 0.6 is 23.2 Å². The fraction of sp³-hybridized carbons (Fsp3) is 0.0625. The predicted molar refractivity (Wildman–Crippen MR) is 82.2 cm³/mol. The molecule has 0 spiro atoms. The minimum Gasteiger partial charge on any atom is -0.342 e. The maximum absolute atomic E-state index is 9.20. The van der Waals surface area contributed by atoms with Gasteiger partial charge in [-0.15, -0.1) is 0 Å². The van der Waals surface area contributed by atoms with Crippen LogP contribution in [0.15, 0.2) is 48.7 Å². The summed E-state index contributed by atoms with van der Waals surface area (Å²) in [5, 5.41) is 11.4. The summed E-state index contributed by atoms with van der Waals surface area (Å²) < 4.78 is 2.03. The summed E-state index contributed by atoms with van der Waals surface area (Å²) in [5.41, 5.74) is 2.67. The van der Waals surface area contributed by atoms with Crippen molar-refractivity contribution < 1.29 is 0 Å². The van der Waals surface area contributed by atoms with Crippen LogP contribution in [0.3, 0.4) is 0 Å². The van der Waals surface area contributed by atoms with Crippen LogP contribution in [0.4, 0.5) is 0 Å². The summed E-state index contributed by atoms with van der Waals surface area (Å²) in [4.78, 5) is 0. The largest absolute Gasteiger partial charge is 0.342 e. The summed E-state index contributed by atoms with van der Waals surface area (Å²) in [7, 11) is 0. The number of aromatic nitrogens is 1. The summed E-state index contributed by atoms with van der Waals surface area (Å²) in [6.45, 7) is 0.609. The van der Waals surface area contributed by atoms with Crippen LogP contribution in [0, 0.1) is 11.3 Å². The number of hydrogen-bond donors (Lipinski definition) is 0. The molecule has 0 fully saturated rings.